The van der Waals surface area contributed by atoms with Crippen LogP contribution in [0.4, 0.5) is 0 Å². The summed E-state index contributed by atoms with van der Waals surface area (Å²) in [5.41, 5.74) is 0. The standard InChI is InChI=1S/C17H19N3O4S2/c18-26(22,23)15-4-2-1-3-13(15)24-16-8-7-14(25-16)17(21)20-12-9-10-5-6-11(12)19-10/h1-4,7-8,10-12,19H,5-6,9H2,(H,20,21)(H2,18,22,23). The number of nitrogens with two attached hydrogens (primary N) is 1. The minimum atomic E-state index is -3.89. The molecule has 3 heterocycles. The molecule has 2 fully saturated rings. The van der Waals surface area contributed by atoms with Crippen molar-refractivity contribution >= 4 is 27.3 Å². The first-order chi connectivity index (χ1) is 12.4. The van der Waals surface area contributed by atoms with E-state index in [1.54, 1.807) is 24.3 Å². The highest BCUT2D eigenvalue weighted by Crippen LogP contribution is 2.33. The number of primary sulfonamides is 1. The van der Waals surface area contributed by atoms with E-state index < -0.39 is 10.0 Å². The van der Waals surface area contributed by atoms with Crippen molar-refractivity contribution in [1.82, 2.24) is 10.6 Å². The molecule has 1 aromatic carbocycles. The first kappa shape index (κ1) is 17.5. The number of para-hydroxylation sites is 1. The fourth-order valence-electron chi connectivity index (χ4n) is 3.60. The Morgan fingerprint density at radius 3 is 2.73 bits per heavy atom. The second-order valence-electron chi connectivity index (χ2n) is 6.58. The lowest BCUT2D eigenvalue weighted by Gasteiger charge is -2.20. The summed E-state index contributed by atoms with van der Waals surface area (Å²) < 4.78 is 28.9. The van der Waals surface area contributed by atoms with Gasteiger partial charge in [0.05, 0.1) is 4.88 Å². The van der Waals surface area contributed by atoms with E-state index in [2.05, 4.69) is 10.6 Å². The predicted octanol–water partition coefficient (Wildman–Crippen LogP) is 1.81. The molecule has 2 aliphatic heterocycles. The number of hydrogen-bond acceptors (Lipinski definition) is 6. The van der Waals surface area contributed by atoms with Crippen LogP contribution >= 0.6 is 11.3 Å². The fraction of sp³-hybridized carbons (Fsp3) is 0.353. The van der Waals surface area contributed by atoms with Crippen LogP contribution in [-0.4, -0.2) is 32.5 Å². The summed E-state index contributed by atoms with van der Waals surface area (Å²) in [5.74, 6) is 0.00467. The molecule has 0 aliphatic carbocycles. The smallest absolute Gasteiger partial charge is 0.261 e. The van der Waals surface area contributed by atoms with Gasteiger partial charge in [-0.05, 0) is 43.5 Å². The minimum Gasteiger partial charge on any atom is -0.445 e. The number of benzene rings is 1. The van der Waals surface area contributed by atoms with Crippen LogP contribution in [0.15, 0.2) is 41.3 Å². The molecule has 0 radical (unpaired) electrons. The van der Waals surface area contributed by atoms with Crippen molar-refractivity contribution in [1.29, 1.82) is 0 Å². The van der Waals surface area contributed by atoms with E-state index in [1.165, 1.54) is 29.9 Å². The molecule has 3 unspecified atom stereocenters. The van der Waals surface area contributed by atoms with Gasteiger partial charge in [-0.2, -0.15) is 0 Å². The average molecular weight is 393 g/mol. The van der Waals surface area contributed by atoms with Gasteiger partial charge < -0.3 is 15.4 Å². The second kappa shape index (κ2) is 6.66. The molecule has 2 saturated heterocycles. The Morgan fingerprint density at radius 2 is 2.04 bits per heavy atom. The number of carbonyl (C=O) groups excluding carboxylic acids is 1. The van der Waals surface area contributed by atoms with Crippen molar-refractivity contribution in [2.45, 2.75) is 42.3 Å². The molecule has 1 aromatic heterocycles. The van der Waals surface area contributed by atoms with E-state index in [-0.39, 0.29) is 22.6 Å². The Kier molecular flexibility index (Phi) is 4.47. The topological polar surface area (TPSA) is 111 Å². The van der Waals surface area contributed by atoms with Gasteiger partial charge in [0.25, 0.3) is 5.91 Å². The molecule has 26 heavy (non-hydrogen) atoms. The Hall–Kier alpha value is -1.94. The lowest BCUT2D eigenvalue weighted by Crippen LogP contribution is -2.42. The number of fused-ring (bicyclic) bond motifs is 2. The summed E-state index contributed by atoms with van der Waals surface area (Å²) in [6.07, 6.45) is 3.24. The maximum atomic E-state index is 12.5. The van der Waals surface area contributed by atoms with Gasteiger partial charge in [-0.25, -0.2) is 13.6 Å². The number of amides is 1. The summed E-state index contributed by atoms with van der Waals surface area (Å²) in [4.78, 5) is 12.9. The molecule has 2 bridgehead atoms. The Bertz CT molecular complexity index is 941. The molecule has 3 atom stereocenters. The summed E-state index contributed by atoms with van der Waals surface area (Å²) >= 11 is 1.17. The van der Waals surface area contributed by atoms with E-state index in [1.807, 2.05) is 0 Å². The van der Waals surface area contributed by atoms with Crippen LogP contribution < -0.4 is 20.5 Å². The van der Waals surface area contributed by atoms with Gasteiger partial charge in [0.2, 0.25) is 10.0 Å². The number of nitrogens with one attached hydrogen (secondary N) is 2. The number of ether oxygens (including phenoxy) is 1. The van der Waals surface area contributed by atoms with Crippen molar-refractivity contribution < 1.29 is 17.9 Å². The Balaban J connectivity index is 1.46. The molecule has 138 valence electrons. The minimum absolute atomic E-state index is 0.0903. The van der Waals surface area contributed by atoms with E-state index in [0.717, 1.165) is 12.8 Å². The van der Waals surface area contributed by atoms with Crippen LogP contribution in [0.25, 0.3) is 0 Å². The lowest BCUT2D eigenvalue weighted by atomic mass is 9.95. The van der Waals surface area contributed by atoms with Gasteiger partial charge in [0, 0.05) is 18.1 Å². The predicted molar refractivity (Wildman–Crippen MR) is 98.0 cm³/mol. The molecule has 1 amide bonds. The van der Waals surface area contributed by atoms with Crippen molar-refractivity contribution in [3.63, 3.8) is 0 Å². The molecule has 7 nitrogen and oxygen atoms in total. The van der Waals surface area contributed by atoms with Crippen molar-refractivity contribution in [2.75, 3.05) is 0 Å². The third kappa shape index (κ3) is 3.48. The van der Waals surface area contributed by atoms with Crippen LogP contribution in [0.1, 0.15) is 28.9 Å². The summed E-state index contributed by atoms with van der Waals surface area (Å²) in [6, 6.07) is 10.5. The highest BCUT2D eigenvalue weighted by molar-refractivity contribution is 7.89. The maximum absolute atomic E-state index is 12.5. The highest BCUT2D eigenvalue weighted by Gasteiger charge is 2.39. The average Bonchev–Trinajstić information content (AvgIpc) is 3.31. The lowest BCUT2D eigenvalue weighted by molar-refractivity contribution is 0.0935. The molecule has 9 heteroatoms. The van der Waals surface area contributed by atoms with Gasteiger partial charge in [-0.1, -0.05) is 23.5 Å². The Morgan fingerprint density at radius 1 is 1.23 bits per heavy atom. The largest absolute Gasteiger partial charge is 0.445 e. The number of rotatable bonds is 5. The molecular formula is C17H19N3O4S2. The van der Waals surface area contributed by atoms with Crippen molar-refractivity contribution in [3.8, 4) is 10.8 Å². The first-order valence-corrected chi connectivity index (χ1v) is 10.7. The van der Waals surface area contributed by atoms with Crippen LogP contribution in [0.3, 0.4) is 0 Å². The molecule has 4 N–H and O–H groups in total. The third-order valence-electron chi connectivity index (χ3n) is 4.79. The number of hydrogen-bond donors (Lipinski definition) is 3. The quantitative estimate of drug-likeness (QED) is 0.718. The van der Waals surface area contributed by atoms with E-state index in [4.69, 9.17) is 9.88 Å². The van der Waals surface area contributed by atoms with Crippen LogP contribution in [0, 0.1) is 0 Å². The van der Waals surface area contributed by atoms with Gasteiger partial charge in [0.15, 0.2) is 5.06 Å². The summed E-state index contributed by atoms with van der Waals surface area (Å²) in [5, 5.41) is 12.2. The zero-order valence-corrected chi connectivity index (χ0v) is 15.5. The molecule has 0 saturated carbocycles. The molecule has 4 rings (SSSR count). The normalized spacial score (nSPS) is 24.6. The fourth-order valence-corrected chi connectivity index (χ4v) is 5.03. The maximum Gasteiger partial charge on any atom is 0.261 e. The molecule has 2 aromatic rings. The van der Waals surface area contributed by atoms with Gasteiger partial charge in [-0.3, -0.25) is 4.79 Å². The van der Waals surface area contributed by atoms with Gasteiger partial charge >= 0.3 is 0 Å². The van der Waals surface area contributed by atoms with E-state index in [0.29, 0.717) is 22.0 Å². The molecule has 0 spiro atoms. The summed E-state index contributed by atoms with van der Waals surface area (Å²) in [7, 11) is -3.89. The number of thiophene rings is 1. The van der Waals surface area contributed by atoms with Crippen molar-refractivity contribution in [3.05, 3.63) is 41.3 Å². The van der Waals surface area contributed by atoms with Crippen molar-refractivity contribution in [2.24, 2.45) is 5.14 Å². The number of carbonyl (C=O) groups is 1. The van der Waals surface area contributed by atoms with Gasteiger partial charge in [-0.15, -0.1) is 0 Å². The monoisotopic (exact) mass is 393 g/mol. The van der Waals surface area contributed by atoms with E-state index >= 15 is 0 Å². The van der Waals surface area contributed by atoms with Gasteiger partial charge in [0.1, 0.15) is 10.6 Å². The zero-order valence-electron chi connectivity index (χ0n) is 13.8. The third-order valence-corrected chi connectivity index (χ3v) is 6.70. The number of sulfonamides is 1. The SMILES string of the molecule is NS(=O)(=O)c1ccccc1Oc1ccc(C(=O)NC2CC3CCC2N3)s1. The summed E-state index contributed by atoms with van der Waals surface area (Å²) in [6.45, 7) is 0. The first-order valence-electron chi connectivity index (χ1n) is 8.36. The zero-order chi connectivity index (χ0) is 18.3. The molecular weight excluding hydrogens is 374 g/mol. The molecule has 2 aliphatic rings. The van der Waals surface area contributed by atoms with Crippen LogP contribution in [0.2, 0.25) is 0 Å². The second-order valence-corrected chi connectivity index (χ2v) is 9.15. The highest BCUT2D eigenvalue weighted by atomic mass is 32.2. The van der Waals surface area contributed by atoms with E-state index in [9.17, 15) is 13.2 Å². The van der Waals surface area contributed by atoms with Crippen LogP contribution in [0.5, 0.6) is 10.8 Å². The van der Waals surface area contributed by atoms with Crippen LogP contribution in [-0.2, 0) is 10.0 Å². The Labute approximate surface area is 155 Å².